The minimum atomic E-state index is -0.565. The molecule has 2 nitrogen and oxygen atoms in total. The number of aliphatic hydroxyl groups excluding tert-OH is 1. The normalized spacial score (nSPS) is 13.3. The Morgan fingerprint density at radius 3 is 1.71 bits per heavy atom. The van der Waals surface area contributed by atoms with E-state index in [9.17, 15) is 0 Å². The number of hydrogen-bond acceptors (Lipinski definition) is 2. The molecule has 0 aliphatic carbocycles. The standard InChI is InChI=1S/C4H10NO.Na/c1-4(6)5(2)3;/h4,6H,1H2,2-3H3;/q-1;+1. The van der Waals surface area contributed by atoms with Gasteiger partial charge in [-0.3, -0.25) is 0 Å². The zero-order chi connectivity index (χ0) is 5.15. The fraction of sp³-hybridized carbons (Fsp3) is 0.750. The molecule has 0 fully saturated rings. The molecule has 0 aromatic heterocycles. The predicted molar refractivity (Wildman–Crippen MR) is 25.1 cm³/mol. The molecule has 0 rings (SSSR count). The molecule has 1 N–H and O–H groups in total. The van der Waals surface area contributed by atoms with Crippen LogP contribution in [0, 0.1) is 6.92 Å². The maximum Gasteiger partial charge on any atom is 1.00 e. The van der Waals surface area contributed by atoms with Crippen molar-refractivity contribution in [3.8, 4) is 0 Å². The fourth-order valence-electron chi connectivity index (χ4n) is 0. The number of rotatable bonds is 1. The second kappa shape index (κ2) is 5.06. The van der Waals surface area contributed by atoms with Crippen molar-refractivity contribution in [2.24, 2.45) is 0 Å². The van der Waals surface area contributed by atoms with E-state index in [4.69, 9.17) is 5.11 Å². The van der Waals surface area contributed by atoms with Crippen LogP contribution >= 0.6 is 0 Å². The Morgan fingerprint density at radius 2 is 1.71 bits per heavy atom. The van der Waals surface area contributed by atoms with Crippen molar-refractivity contribution in [1.29, 1.82) is 0 Å². The van der Waals surface area contributed by atoms with Crippen molar-refractivity contribution in [1.82, 2.24) is 4.90 Å². The van der Waals surface area contributed by atoms with E-state index in [1.165, 1.54) is 0 Å². The van der Waals surface area contributed by atoms with Gasteiger partial charge >= 0.3 is 29.6 Å². The van der Waals surface area contributed by atoms with Gasteiger partial charge in [-0.1, -0.05) is 0 Å². The van der Waals surface area contributed by atoms with E-state index in [0.29, 0.717) is 0 Å². The molecule has 0 aliphatic heterocycles. The molecule has 0 heterocycles. The second-order valence-electron chi connectivity index (χ2n) is 1.44. The van der Waals surface area contributed by atoms with Crippen molar-refractivity contribution in [2.45, 2.75) is 6.23 Å². The third-order valence-corrected chi connectivity index (χ3v) is 0.596. The molecule has 38 valence electrons. The third kappa shape index (κ3) is 6.92. The van der Waals surface area contributed by atoms with Crippen LogP contribution in [0.5, 0.6) is 0 Å². The van der Waals surface area contributed by atoms with Gasteiger partial charge in [-0.25, -0.2) is 0 Å². The summed E-state index contributed by atoms with van der Waals surface area (Å²) >= 11 is 0. The van der Waals surface area contributed by atoms with Gasteiger partial charge in [0.2, 0.25) is 0 Å². The van der Waals surface area contributed by atoms with Crippen LogP contribution in [0.1, 0.15) is 0 Å². The largest absolute Gasteiger partial charge is 1.00 e. The van der Waals surface area contributed by atoms with E-state index in [1.54, 1.807) is 19.0 Å². The van der Waals surface area contributed by atoms with Gasteiger partial charge in [0.15, 0.2) is 0 Å². The van der Waals surface area contributed by atoms with Crippen LogP contribution in [-0.4, -0.2) is 30.3 Å². The van der Waals surface area contributed by atoms with Gasteiger partial charge in [-0.15, -0.1) is 0 Å². The first-order valence-electron chi connectivity index (χ1n) is 1.82. The van der Waals surface area contributed by atoms with Crippen molar-refractivity contribution in [2.75, 3.05) is 14.1 Å². The van der Waals surface area contributed by atoms with Crippen LogP contribution in [0.2, 0.25) is 0 Å². The molecule has 1 unspecified atom stereocenters. The topological polar surface area (TPSA) is 23.5 Å². The first-order chi connectivity index (χ1) is 2.64. The summed E-state index contributed by atoms with van der Waals surface area (Å²) in [7, 11) is 3.52. The van der Waals surface area contributed by atoms with E-state index >= 15 is 0 Å². The Bertz CT molecular complexity index is 32.7. The van der Waals surface area contributed by atoms with E-state index in [-0.39, 0.29) is 29.6 Å². The smallest absolute Gasteiger partial charge is 0.411 e. The summed E-state index contributed by atoms with van der Waals surface area (Å²) in [6.45, 7) is 3.32. The summed E-state index contributed by atoms with van der Waals surface area (Å²) in [6, 6.07) is 0. The number of nitrogens with zero attached hydrogens (tertiary/aromatic N) is 1. The quantitative estimate of drug-likeness (QED) is 0.218. The summed E-state index contributed by atoms with van der Waals surface area (Å²) in [6.07, 6.45) is -0.565. The van der Waals surface area contributed by atoms with E-state index in [0.717, 1.165) is 0 Å². The van der Waals surface area contributed by atoms with Crippen LogP contribution in [0.25, 0.3) is 0 Å². The maximum absolute atomic E-state index is 8.44. The van der Waals surface area contributed by atoms with Crippen molar-refractivity contribution < 1.29 is 34.7 Å². The van der Waals surface area contributed by atoms with E-state index in [1.807, 2.05) is 0 Å². The Kier molecular flexibility index (Phi) is 7.83. The molecule has 0 aliphatic rings. The first kappa shape index (κ1) is 10.8. The Labute approximate surface area is 66.8 Å². The Hall–Kier alpha value is 0.920. The molecule has 0 radical (unpaired) electrons. The summed E-state index contributed by atoms with van der Waals surface area (Å²) in [4.78, 5) is 1.61. The third-order valence-electron chi connectivity index (χ3n) is 0.596. The van der Waals surface area contributed by atoms with Gasteiger partial charge in [0.25, 0.3) is 0 Å². The molecule has 1 atom stereocenters. The molecular formula is C4H10NNaO. The SMILES string of the molecule is [CH2-]C(O)N(C)C.[Na+]. The van der Waals surface area contributed by atoms with Crippen molar-refractivity contribution >= 4 is 0 Å². The van der Waals surface area contributed by atoms with Gasteiger partial charge in [0, 0.05) is 0 Å². The Balaban J connectivity index is 0. The fourth-order valence-corrected chi connectivity index (χ4v) is 0. The maximum atomic E-state index is 8.44. The van der Waals surface area contributed by atoms with Crippen molar-refractivity contribution in [3.63, 3.8) is 0 Å². The molecule has 0 bridgehead atoms. The summed E-state index contributed by atoms with van der Waals surface area (Å²) in [5.41, 5.74) is 0. The second-order valence-corrected chi connectivity index (χ2v) is 1.44. The molecule has 0 saturated heterocycles. The van der Waals surface area contributed by atoms with E-state index in [2.05, 4.69) is 6.92 Å². The molecule has 0 amide bonds. The first-order valence-corrected chi connectivity index (χ1v) is 1.82. The average molecular weight is 111 g/mol. The van der Waals surface area contributed by atoms with Gasteiger partial charge in [-0.05, 0) is 20.3 Å². The number of hydrogen-bond donors (Lipinski definition) is 1. The summed E-state index contributed by atoms with van der Waals surface area (Å²) in [5, 5.41) is 8.44. The van der Waals surface area contributed by atoms with Gasteiger partial charge < -0.3 is 16.9 Å². The van der Waals surface area contributed by atoms with Crippen LogP contribution < -0.4 is 29.6 Å². The van der Waals surface area contributed by atoms with Crippen LogP contribution in [0.4, 0.5) is 0 Å². The average Bonchev–Trinajstić information content (AvgIpc) is 1.36. The van der Waals surface area contributed by atoms with Crippen LogP contribution in [-0.2, 0) is 0 Å². The van der Waals surface area contributed by atoms with Crippen LogP contribution in [0.15, 0.2) is 0 Å². The minimum absolute atomic E-state index is 0. The zero-order valence-electron chi connectivity index (χ0n) is 5.18. The van der Waals surface area contributed by atoms with Crippen molar-refractivity contribution in [3.05, 3.63) is 6.92 Å². The molecule has 7 heavy (non-hydrogen) atoms. The predicted octanol–water partition coefficient (Wildman–Crippen LogP) is -3.30. The molecule has 0 spiro atoms. The van der Waals surface area contributed by atoms with E-state index < -0.39 is 6.23 Å². The van der Waals surface area contributed by atoms with Gasteiger partial charge in [0.1, 0.15) is 0 Å². The summed E-state index contributed by atoms with van der Waals surface area (Å²) < 4.78 is 0. The zero-order valence-corrected chi connectivity index (χ0v) is 7.18. The minimum Gasteiger partial charge on any atom is -0.411 e. The molecule has 3 heteroatoms. The molecule has 0 saturated carbocycles. The molecular weight excluding hydrogens is 101 g/mol. The Morgan fingerprint density at radius 1 is 1.57 bits per heavy atom. The number of aliphatic hydroxyl groups is 1. The molecule has 0 aromatic carbocycles. The van der Waals surface area contributed by atoms with Gasteiger partial charge in [0.05, 0.1) is 0 Å². The summed E-state index contributed by atoms with van der Waals surface area (Å²) in [5.74, 6) is 0. The van der Waals surface area contributed by atoms with Crippen LogP contribution in [0.3, 0.4) is 0 Å². The van der Waals surface area contributed by atoms with Gasteiger partial charge in [-0.2, -0.15) is 0 Å². The monoisotopic (exact) mass is 111 g/mol. The molecule has 0 aromatic rings.